The third kappa shape index (κ3) is 2.73. The van der Waals surface area contributed by atoms with Gasteiger partial charge in [0.25, 0.3) is 0 Å². The number of carbonyl (C=O) groups is 1. The van der Waals surface area contributed by atoms with Gasteiger partial charge in [0, 0.05) is 0 Å². The van der Waals surface area contributed by atoms with Crippen LogP contribution in [0.1, 0.15) is 39.1 Å². The van der Waals surface area contributed by atoms with Crippen molar-refractivity contribution >= 4 is 17.0 Å². The number of rotatable bonds is 3. The molecule has 1 amide bonds. The van der Waals surface area contributed by atoms with Crippen molar-refractivity contribution in [3.05, 3.63) is 29.7 Å². The SMILES string of the molecule is CC1(C(=O)NCc2nc3cc(C(C)(C)C)ccc3o2)COC1. The van der Waals surface area contributed by atoms with Crippen LogP contribution in [0.2, 0.25) is 0 Å². The maximum atomic E-state index is 12.1. The number of nitrogens with zero attached hydrogens (tertiary/aromatic N) is 1. The number of nitrogens with one attached hydrogen (secondary N) is 1. The molecule has 0 aliphatic carbocycles. The van der Waals surface area contributed by atoms with Gasteiger partial charge in [-0.15, -0.1) is 0 Å². The largest absolute Gasteiger partial charge is 0.439 e. The highest BCUT2D eigenvalue weighted by Gasteiger charge is 2.40. The van der Waals surface area contributed by atoms with Crippen LogP contribution in [-0.2, 0) is 21.5 Å². The Kier molecular flexibility index (Phi) is 3.48. The molecule has 0 saturated carbocycles. The van der Waals surface area contributed by atoms with E-state index in [0.717, 1.165) is 11.1 Å². The summed E-state index contributed by atoms with van der Waals surface area (Å²) in [5, 5.41) is 2.87. The lowest BCUT2D eigenvalue weighted by molar-refractivity contribution is -0.157. The third-order valence-electron chi connectivity index (χ3n) is 4.09. The fraction of sp³-hybridized carbons (Fsp3) is 0.529. The fourth-order valence-corrected chi connectivity index (χ4v) is 2.43. The molecule has 0 unspecified atom stereocenters. The number of hydrogen-bond acceptors (Lipinski definition) is 4. The highest BCUT2D eigenvalue weighted by atomic mass is 16.5. The molecular weight excluding hydrogens is 280 g/mol. The molecule has 1 aliphatic heterocycles. The lowest BCUT2D eigenvalue weighted by Crippen LogP contribution is -2.51. The number of carbonyl (C=O) groups excluding carboxylic acids is 1. The Bertz CT molecular complexity index is 708. The predicted molar refractivity (Wildman–Crippen MR) is 83.5 cm³/mol. The van der Waals surface area contributed by atoms with E-state index in [1.165, 1.54) is 5.56 Å². The molecule has 1 saturated heterocycles. The minimum atomic E-state index is -0.411. The van der Waals surface area contributed by atoms with Crippen LogP contribution in [0.4, 0.5) is 0 Å². The Hall–Kier alpha value is -1.88. The van der Waals surface area contributed by atoms with Crippen LogP contribution < -0.4 is 5.32 Å². The van der Waals surface area contributed by atoms with Crippen molar-refractivity contribution in [3.8, 4) is 0 Å². The molecule has 1 fully saturated rings. The Balaban J connectivity index is 1.73. The van der Waals surface area contributed by atoms with E-state index in [4.69, 9.17) is 9.15 Å². The number of oxazole rings is 1. The van der Waals surface area contributed by atoms with E-state index in [0.29, 0.717) is 25.6 Å². The van der Waals surface area contributed by atoms with Gasteiger partial charge in [-0.3, -0.25) is 4.79 Å². The number of ether oxygens (including phenoxy) is 1. The Morgan fingerprint density at radius 1 is 1.36 bits per heavy atom. The molecule has 0 radical (unpaired) electrons. The second kappa shape index (κ2) is 5.09. The molecule has 3 rings (SSSR count). The zero-order valence-corrected chi connectivity index (χ0v) is 13.5. The summed E-state index contributed by atoms with van der Waals surface area (Å²) >= 11 is 0. The zero-order valence-electron chi connectivity index (χ0n) is 13.5. The van der Waals surface area contributed by atoms with E-state index in [-0.39, 0.29) is 11.3 Å². The third-order valence-corrected chi connectivity index (χ3v) is 4.09. The second-order valence-electron chi connectivity index (χ2n) is 7.28. The lowest BCUT2D eigenvalue weighted by Gasteiger charge is -2.36. The second-order valence-corrected chi connectivity index (χ2v) is 7.28. The number of benzene rings is 1. The maximum absolute atomic E-state index is 12.1. The molecule has 1 N–H and O–H groups in total. The fourth-order valence-electron chi connectivity index (χ4n) is 2.43. The topological polar surface area (TPSA) is 64.4 Å². The van der Waals surface area contributed by atoms with E-state index >= 15 is 0 Å². The molecule has 0 atom stereocenters. The number of amides is 1. The van der Waals surface area contributed by atoms with Crippen LogP contribution in [-0.4, -0.2) is 24.1 Å². The normalized spacial score (nSPS) is 17.3. The minimum Gasteiger partial charge on any atom is -0.439 e. The molecule has 1 aromatic carbocycles. The Morgan fingerprint density at radius 3 is 2.68 bits per heavy atom. The molecule has 5 heteroatoms. The average Bonchev–Trinajstić information content (AvgIpc) is 2.82. The summed E-state index contributed by atoms with van der Waals surface area (Å²) < 4.78 is 10.8. The standard InChI is InChI=1S/C17H22N2O3/c1-16(2,3)11-5-6-13-12(7-11)19-14(22-13)8-18-15(20)17(4)9-21-10-17/h5-7H,8-10H2,1-4H3,(H,18,20). The minimum absolute atomic E-state index is 0.0172. The van der Waals surface area contributed by atoms with Gasteiger partial charge < -0.3 is 14.5 Å². The van der Waals surface area contributed by atoms with Crippen LogP contribution in [0.5, 0.6) is 0 Å². The van der Waals surface area contributed by atoms with Crippen molar-refractivity contribution in [1.29, 1.82) is 0 Å². The quantitative estimate of drug-likeness (QED) is 0.947. The molecule has 22 heavy (non-hydrogen) atoms. The van der Waals surface area contributed by atoms with Gasteiger partial charge in [0.05, 0.1) is 25.2 Å². The van der Waals surface area contributed by atoms with Crippen molar-refractivity contribution in [3.63, 3.8) is 0 Å². The summed E-state index contributed by atoms with van der Waals surface area (Å²) in [7, 11) is 0. The molecular formula is C17H22N2O3. The van der Waals surface area contributed by atoms with E-state index in [1.807, 2.05) is 19.1 Å². The van der Waals surface area contributed by atoms with Gasteiger partial charge in [0.1, 0.15) is 5.52 Å². The van der Waals surface area contributed by atoms with Crippen molar-refractivity contribution < 1.29 is 13.9 Å². The van der Waals surface area contributed by atoms with E-state index in [2.05, 4.69) is 37.1 Å². The number of fused-ring (bicyclic) bond motifs is 1. The molecule has 2 aromatic rings. The molecule has 1 aliphatic rings. The Labute approximate surface area is 130 Å². The van der Waals surface area contributed by atoms with Crippen LogP contribution in [0, 0.1) is 5.41 Å². The van der Waals surface area contributed by atoms with E-state index < -0.39 is 5.41 Å². The summed E-state index contributed by atoms with van der Waals surface area (Å²) in [4.78, 5) is 16.5. The number of hydrogen-bond donors (Lipinski definition) is 1. The maximum Gasteiger partial charge on any atom is 0.231 e. The summed E-state index contributed by atoms with van der Waals surface area (Å²) in [5.74, 6) is 0.509. The average molecular weight is 302 g/mol. The van der Waals surface area contributed by atoms with Gasteiger partial charge in [-0.25, -0.2) is 4.98 Å². The van der Waals surface area contributed by atoms with Gasteiger partial charge >= 0.3 is 0 Å². The van der Waals surface area contributed by atoms with Crippen LogP contribution in [0.3, 0.4) is 0 Å². The highest BCUT2D eigenvalue weighted by molar-refractivity contribution is 5.83. The predicted octanol–water partition coefficient (Wildman–Crippen LogP) is 2.78. The first-order valence-corrected chi connectivity index (χ1v) is 7.54. The van der Waals surface area contributed by atoms with Gasteiger partial charge in [-0.2, -0.15) is 0 Å². The van der Waals surface area contributed by atoms with Crippen molar-refractivity contribution in [2.75, 3.05) is 13.2 Å². The summed E-state index contributed by atoms with van der Waals surface area (Å²) in [6.07, 6.45) is 0. The van der Waals surface area contributed by atoms with Crippen molar-refractivity contribution in [2.24, 2.45) is 5.41 Å². The van der Waals surface area contributed by atoms with E-state index in [9.17, 15) is 4.79 Å². The lowest BCUT2D eigenvalue weighted by atomic mass is 9.87. The zero-order chi connectivity index (χ0) is 16.0. The van der Waals surface area contributed by atoms with Crippen molar-refractivity contribution in [2.45, 2.75) is 39.7 Å². The molecule has 0 spiro atoms. The molecule has 0 bridgehead atoms. The number of aromatic nitrogens is 1. The first kappa shape index (κ1) is 15.0. The Morgan fingerprint density at radius 2 is 2.09 bits per heavy atom. The van der Waals surface area contributed by atoms with Gasteiger partial charge in [0.2, 0.25) is 11.8 Å². The first-order valence-electron chi connectivity index (χ1n) is 7.54. The van der Waals surface area contributed by atoms with Crippen LogP contribution >= 0.6 is 0 Å². The molecule has 2 heterocycles. The monoisotopic (exact) mass is 302 g/mol. The van der Waals surface area contributed by atoms with Crippen LogP contribution in [0.25, 0.3) is 11.1 Å². The van der Waals surface area contributed by atoms with Gasteiger partial charge in [0.15, 0.2) is 5.58 Å². The van der Waals surface area contributed by atoms with Crippen molar-refractivity contribution in [1.82, 2.24) is 10.3 Å². The summed E-state index contributed by atoms with van der Waals surface area (Å²) in [6, 6.07) is 6.04. The molecule has 118 valence electrons. The van der Waals surface area contributed by atoms with E-state index in [1.54, 1.807) is 0 Å². The molecule has 1 aromatic heterocycles. The van der Waals surface area contributed by atoms with Crippen LogP contribution in [0.15, 0.2) is 22.6 Å². The van der Waals surface area contributed by atoms with Gasteiger partial charge in [-0.1, -0.05) is 26.8 Å². The smallest absolute Gasteiger partial charge is 0.231 e. The summed E-state index contributed by atoms with van der Waals surface area (Å²) in [6.45, 7) is 9.63. The van der Waals surface area contributed by atoms with Gasteiger partial charge in [-0.05, 0) is 30.0 Å². The summed E-state index contributed by atoms with van der Waals surface area (Å²) in [5.41, 5.74) is 2.44. The molecule has 5 nitrogen and oxygen atoms in total. The highest BCUT2D eigenvalue weighted by Crippen LogP contribution is 2.28. The first-order chi connectivity index (χ1) is 10.3.